The maximum atomic E-state index is 9.32. The Morgan fingerprint density at radius 3 is 1.46 bits per heavy atom. The van der Waals surface area contributed by atoms with Crippen molar-refractivity contribution in [1.29, 1.82) is 0 Å². The molecule has 0 unspecified atom stereocenters. The fourth-order valence-corrected chi connectivity index (χ4v) is 4.28. The third-order valence-corrected chi connectivity index (χ3v) is 6.30. The van der Waals surface area contributed by atoms with E-state index in [1.165, 1.54) is 0 Å². The van der Waals surface area contributed by atoms with E-state index >= 15 is 0 Å². The molecule has 0 heterocycles. The molecule has 13 heavy (non-hydrogen) atoms. The van der Waals surface area contributed by atoms with Crippen LogP contribution in [0.25, 0.3) is 0 Å². The number of unbranched alkanes of at least 4 members (excludes halogenated alkanes) is 2. The van der Waals surface area contributed by atoms with Crippen molar-refractivity contribution >= 4 is 7.26 Å². The molecule has 0 aliphatic rings. The summed E-state index contributed by atoms with van der Waals surface area (Å²) in [5.74, 6) is 0. The lowest BCUT2D eigenvalue weighted by Crippen LogP contribution is -2.11. The first-order valence-electron chi connectivity index (χ1n) is 5.31. The summed E-state index contributed by atoms with van der Waals surface area (Å²) in [6.07, 6.45) is 7.24. The number of hydrogen-bond donors (Lipinski definition) is 2. The van der Waals surface area contributed by atoms with Crippen LogP contribution in [0.5, 0.6) is 0 Å². The molecule has 0 aliphatic heterocycles. The highest BCUT2D eigenvalue weighted by Gasteiger charge is 2.34. The molecular weight excluding hydrogens is 183 g/mol. The summed E-state index contributed by atoms with van der Waals surface area (Å²) in [5, 5.41) is 18.6. The number of rotatable bonds is 8. The minimum Gasteiger partial charge on any atom is -0.362 e. The molecule has 80 valence electrons. The van der Waals surface area contributed by atoms with E-state index in [0.29, 0.717) is 0 Å². The van der Waals surface area contributed by atoms with Gasteiger partial charge in [-0.2, -0.15) is 0 Å². The fraction of sp³-hybridized carbons (Fsp3) is 1.00. The van der Waals surface area contributed by atoms with Crippen molar-refractivity contribution in [1.82, 2.24) is 0 Å². The Kier molecular flexibility index (Phi) is 7.93. The van der Waals surface area contributed by atoms with Crippen molar-refractivity contribution in [3.63, 3.8) is 0 Å². The molecule has 0 fully saturated rings. The van der Waals surface area contributed by atoms with Gasteiger partial charge in [-0.05, 0) is 12.8 Å². The lowest BCUT2D eigenvalue weighted by molar-refractivity contribution is 0.337. The number of aliphatic hydroxyl groups is 2. The number of aliphatic hydroxyl groups excluding tert-OH is 2. The highest BCUT2D eigenvalue weighted by molar-refractivity contribution is 7.75. The van der Waals surface area contributed by atoms with Gasteiger partial charge in [0.15, 0.2) is 12.7 Å². The van der Waals surface area contributed by atoms with Crippen molar-refractivity contribution in [2.24, 2.45) is 0 Å². The SMILES string of the molecule is CCCC[P+](CO)(CO)CCCC. The quantitative estimate of drug-likeness (QED) is 0.600. The molecule has 0 saturated heterocycles. The van der Waals surface area contributed by atoms with Crippen LogP contribution >= 0.6 is 7.26 Å². The van der Waals surface area contributed by atoms with Crippen molar-refractivity contribution in [3.8, 4) is 0 Å². The van der Waals surface area contributed by atoms with Crippen LogP contribution in [0.4, 0.5) is 0 Å². The average molecular weight is 207 g/mol. The maximum absolute atomic E-state index is 9.32. The Morgan fingerprint density at radius 1 is 0.846 bits per heavy atom. The smallest absolute Gasteiger partial charge is 0.156 e. The summed E-state index contributed by atoms with van der Waals surface area (Å²) < 4.78 is 0. The highest BCUT2D eigenvalue weighted by atomic mass is 31.2. The van der Waals surface area contributed by atoms with E-state index in [9.17, 15) is 10.2 Å². The molecule has 0 aliphatic carbocycles. The fourth-order valence-electron chi connectivity index (χ4n) is 1.43. The maximum Gasteiger partial charge on any atom is 0.156 e. The van der Waals surface area contributed by atoms with Crippen LogP contribution in [0.1, 0.15) is 39.5 Å². The van der Waals surface area contributed by atoms with Gasteiger partial charge >= 0.3 is 0 Å². The Balaban J connectivity index is 3.97. The predicted molar refractivity (Wildman–Crippen MR) is 60.6 cm³/mol. The first-order valence-corrected chi connectivity index (χ1v) is 7.84. The molecule has 0 amide bonds. The summed E-state index contributed by atoms with van der Waals surface area (Å²) in [4.78, 5) is 0. The van der Waals surface area contributed by atoms with Gasteiger partial charge in [-0.15, -0.1) is 0 Å². The van der Waals surface area contributed by atoms with E-state index in [2.05, 4.69) is 13.8 Å². The summed E-state index contributed by atoms with van der Waals surface area (Å²) in [7, 11) is -1.38. The Hall–Kier alpha value is 0.350. The van der Waals surface area contributed by atoms with Crippen LogP contribution in [0.3, 0.4) is 0 Å². The van der Waals surface area contributed by atoms with Gasteiger partial charge in [0.2, 0.25) is 0 Å². The van der Waals surface area contributed by atoms with Gasteiger partial charge < -0.3 is 10.2 Å². The molecule has 2 N–H and O–H groups in total. The van der Waals surface area contributed by atoms with E-state index in [1.54, 1.807) is 0 Å². The second-order valence-electron chi connectivity index (χ2n) is 3.78. The van der Waals surface area contributed by atoms with Gasteiger partial charge in [0.25, 0.3) is 0 Å². The standard InChI is InChI=1S/C10H24O2P/c1-3-5-7-13(9-11,10-12)8-6-4-2/h11-12H,3-10H2,1-2H3/q+1. The topological polar surface area (TPSA) is 40.5 Å². The average Bonchev–Trinajstić information content (AvgIpc) is 2.20. The monoisotopic (exact) mass is 207 g/mol. The molecule has 0 radical (unpaired) electrons. The Bertz CT molecular complexity index is 103. The Labute approximate surface area is 82.7 Å². The zero-order valence-electron chi connectivity index (χ0n) is 9.00. The van der Waals surface area contributed by atoms with Crippen LogP contribution in [0.2, 0.25) is 0 Å². The van der Waals surface area contributed by atoms with Gasteiger partial charge in [0.1, 0.15) is 0 Å². The van der Waals surface area contributed by atoms with Gasteiger partial charge in [0, 0.05) is 0 Å². The molecule has 0 saturated carbocycles. The van der Waals surface area contributed by atoms with Gasteiger partial charge in [-0.3, -0.25) is 0 Å². The molecule has 0 rings (SSSR count). The van der Waals surface area contributed by atoms with E-state index in [0.717, 1.165) is 38.0 Å². The zero-order valence-corrected chi connectivity index (χ0v) is 9.89. The lowest BCUT2D eigenvalue weighted by atomic mass is 10.4. The minimum atomic E-state index is -1.38. The normalized spacial score (nSPS) is 12.0. The second kappa shape index (κ2) is 7.73. The van der Waals surface area contributed by atoms with Crippen molar-refractivity contribution < 1.29 is 10.2 Å². The van der Waals surface area contributed by atoms with E-state index < -0.39 is 7.26 Å². The summed E-state index contributed by atoms with van der Waals surface area (Å²) in [6, 6.07) is 0. The molecule has 0 atom stereocenters. The summed E-state index contributed by atoms with van der Waals surface area (Å²) >= 11 is 0. The number of hydrogen-bond acceptors (Lipinski definition) is 2. The van der Waals surface area contributed by atoms with Crippen LogP contribution in [-0.2, 0) is 0 Å². The van der Waals surface area contributed by atoms with E-state index in [-0.39, 0.29) is 12.7 Å². The van der Waals surface area contributed by atoms with Crippen LogP contribution < -0.4 is 0 Å². The largest absolute Gasteiger partial charge is 0.362 e. The molecule has 3 heteroatoms. The molecule has 2 nitrogen and oxygen atoms in total. The van der Waals surface area contributed by atoms with Gasteiger partial charge in [-0.25, -0.2) is 0 Å². The van der Waals surface area contributed by atoms with E-state index in [4.69, 9.17) is 0 Å². The van der Waals surface area contributed by atoms with Crippen molar-refractivity contribution in [2.75, 3.05) is 25.0 Å². The third kappa shape index (κ3) is 4.95. The minimum absolute atomic E-state index is 0.240. The first-order chi connectivity index (χ1) is 6.24. The van der Waals surface area contributed by atoms with Crippen LogP contribution in [0, 0.1) is 0 Å². The van der Waals surface area contributed by atoms with Crippen LogP contribution in [-0.4, -0.2) is 35.2 Å². The van der Waals surface area contributed by atoms with Crippen molar-refractivity contribution in [3.05, 3.63) is 0 Å². The van der Waals surface area contributed by atoms with Crippen molar-refractivity contribution in [2.45, 2.75) is 39.5 Å². The predicted octanol–water partition coefficient (Wildman–Crippen LogP) is 2.50. The molecule has 0 bridgehead atoms. The molecule has 0 aromatic carbocycles. The highest BCUT2D eigenvalue weighted by Crippen LogP contribution is 2.58. The molecule has 0 spiro atoms. The van der Waals surface area contributed by atoms with Gasteiger partial charge in [0.05, 0.1) is 19.6 Å². The summed E-state index contributed by atoms with van der Waals surface area (Å²) in [5.41, 5.74) is 0. The molecule has 0 aromatic rings. The molecular formula is C10H24O2P+. The molecule has 0 aromatic heterocycles. The second-order valence-corrected chi connectivity index (χ2v) is 7.92. The van der Waals surface area contributed by atoms with E-state index in [1.807, 2.05) is 0 Å². The zero-order chi connectivity index (χ0) is 10.2. The summed E-state index contributed by atoms with van der Waals surface area (Å²) in [6.45, 7) is 4.31. The lowest BCUT2D eigenvalue weighted by Gasteiger charge is -2.22. The van der Waals surface area contributed by atoms with Gasteiger partial charge in [-0.1, -0.05) is 26.7 Å². The third-order valence-electron chi connectivity index (χ3n) is 2.57. The first kappa shape index (κ1) is 13.4. The van der Waals surface area contributed by atoms with Crippen LogP contribution in [0.15, 0.2) is 0 Å². The Morgan fingerprint density at radius 2 is 1.23 bits per heavy atom.